The van der Waals surface area contributed by atoms with Crippen molar-refractivity contribution < 1.29 is 13.6 Å². The Balaban J connectivity index is 0.000000725. The van der Waals surface area contributed by atoms with Crippen LogP contribution in [0.4, 0.5) is 8.78 Å². The molecule has 3 nitrogen and oxygen atoms in total. The number of unbranched alkanes of at least 4 members (excludes halogenated alkanes) is 2. The van der Waals surface area contributed by atoms with E-state index in [0.717, 1.165) is 47.8 Å². The Bertz CT molecular complexity index is 1050. The normalized spacial score (nSPS) is 10.0. The molecule has 3 aromatic rings. The quantitative estimate of drug-likeness (QED) is 0.229. The fourth-order valence-corrected chi connectivity index (χ4v) is 3.41. The van der Waals surface area contributed by atoms with Crippen molar-refractivity contribution in [3.8, 4) is 0 Å². The first-order valence-electron chi connectivity index (χ1n) is 13.4. The average molecular weight is 513 g/mol. The first kappa shape index (κ1) is 34.0. The Hall–Kier alpha value is -3.05. The number of benzene rings is 2. The summed E-state index contributed by atoms with van der Waals surface area (Å²) < 4.78 is 27.1. The third kappa shape index (κ3) is 12.2. The summed E-state index contributed by atoms with van der Waals surface area (Å²) in [7, 11) is 1.75. The van der Waals surface area contributed by atoms with E-state index in [1.54, 1.807) is 13.1 Å². The van der Waals surface area contributed by atoms with E-state index in [1.165, 1.54) is 30.0 Å². The second kappa shape index (κ2) is 20.1. The maximum Gasteiger partial charge on any atom is 0.159 e. The number of hydrogen-bond donors (Lipinski definition) is 1. The van der Waals surface area contributed by atoms with Gasteiger partial charge in [-0.15, -0.1) is 0 Å². The Morgan fingerprint density at radius 2 is 1.51 bits per heavy atom. The van der Waals surface area contributed by atoms with Crippen molar-refractivity contribution in [2.24, 2.45) is 0 Å². The minimum absolute atomic E-state index is 0.553. The van der Waals surface area contributed by atoms with Gasteiger partial charge in [0.15, 0.2) is 17.9 Å². The molecule has 0 radical (unpaired) electrons. The van der Waals surface area contributed by atoms with Crippen LogP contribution in [0.3, 0.4) is 0 Å². The van der Waals surface area contributed by atoms with Crippen molar-refractivity contribution in [1.29, 1.82) is 0 Å². The summed E-state index contributed by atoms with van der Waals surface area (Å²) in [6, 6.07) is 14.4. The molecule has 1 aromatic heterocycles. The van der Waals surface area contributed by atoms with E-state index >= 15 is 0 Å². The van der Waals surface area contributed by atoms with Crippen molar-refractivity contribution >= 4 is 12.4 Å². The predicted octanol–water partition coefficient (Wildman–Crippen LogP) is 8.91. The van der Waals surface area contributed by atoms with E-state index in [1.807, 2.05) is 40.7 Å². The lowest BCUT2D eigenvalue weighted by molar-refractivity contribution is 0.112. The standard InChI is InChI=1S/C20H25NO.C8H9F2N.2C2H6/c1-4-5-6-7-8-20-13-19(15-22)17(3)21(20)14-18-11-9-16(2)10-12-18;1-11-5-6-2-3-7(9)8(10)4-6;2*1-2/h7-13,15H,4-6,14H2,1-3H3;2-4,11H,5H2,1H3;2*1-2H3/b8-7+;;;. The van der Waals surface area contributed by atoms with Gasteiger partial charge < -0.3 is 9.88 Å². The molecule has 5 heteroatoms. The predicted molar refractivity (Wildman–Crippen MR) is 155 cm³/mol. The maximum absolute atomic E-state index is 12.5. The summed E-state index contributed by atoms with van der Waals surface area (Å²) in [5.74, 6) is -1.59. The molecule has 1 heterocycles. The number of hydrogen-bond acceptors (Lipinski definition) is 2. The third-order valence-electron chi connectivity index (χ3n) is 5.40. The number of allylic oxidation sites excluding steroid dienone is 1. The van der Waals surface area contributed by atoms with Gasteiger partial charge in [0.1, 0.15) is 0 Å². The molecule has 37 heavy (non-hydrogen) atoms. The number of halogens is 2. The Morgan fingerprint density at radius 1 is 0.892 bits per heavy atom. The van der Waals surface area contributed by atoms with Gasteiger partial charge in [-0.25, -0.2) is 8.78 Å². The number of carbonyl (C=O) groups excluding carboxylic acids is 1. The molecule has 204 valence electrons. The van der Waals surface area contributed by atoms with Crippen LogP contribution in [0.1, 0.15) is 92.3 Å². The molecule has 0 spiro atoms. The zero-order valence-electron chi connectivity index (χ0n) is 24.0. The van der Waals surface area contributed by atoms with Gasteiger partial charge in [-0.2, -0.15) is 0 Å². The van der Waals surface area contributed by atoms with Crippen molar-refractivity contribution in [2.45, 2.75) is 80.8 Å². The average Bonchev–Trinajstić information content (AvgIpc) is 3.22. The number of rotatable bonds is 9. The van der Waals surface area contributed by atoms with Crippen LogP contribution in [0.15, 0.2) is 54.6 Å². The SMILES string of the molecule is CC.CC.CCCC/C=C/c1cc(C=O)c(C)n1Cc1ccc(C)cc1.CNCc1ccc(F)c(F)c1. The lowest BCUT2D eigenvalue weighted by atomic mass is 10.1. The summed E-state index contributed by atoms with van der Waals surface area (Å²) >= 11 is 0. The molecule has 3 rings (SSSR count). The van der Waals surface area contributed by atoms with Crippen LogP contribution in [0.2, 0.25) is 0 Å². The van der Waals surface area contributed by atoms with Crippen LogP contribution < -0.4 is 5.32 Å². The van der Waals surface area contributed by atoms with Crippen LogP contribution >= 0.6 is 0 Å². The first-order valence-corrected chi connectivity index (χ1v) is 13.4. The monoisotopic (exact) mass is 512 g/mol. The molecular weight excluding hydrogens is 466 g/mol. The summed E-state index contributed by atoms with van der Waals surface area (Å²) in [4.78, 5) is 11.2. The highest BCUT2D eigenvalue weighted by Gasteiger charge is 2.10. The maximum atomic E-state index is 12.5. The smallest absolute Gasteiger partial charge is 0.159 e. The lowest BCUT2D eigenvalue weighted by Gasteiger charge is -2.10. The molecular formula is C32H46F2N2O. The number of aryl methyl sites for hydroxylation is 1. The van der Waals surface area contributed by atoms with E-state index in [0.29, 0.717) is 6.54 Å². The Morgan fingerprint density at radius 3 is 2.05 bits per heavy atom. The van der Waals surface area contributed by atoms with Crippen LogP contribution in [0.25, 0.3) is 6.08 Å². The van der Waals surface area contributed by atoms with E-state index in [2.05, 4.69) is 60.1 Å². The molecule has 0 saturated heterocycles. The van der Waals surface area contributed by atoms with E-state index in [9.17, 15) is 13.6 Å². The number of nitrogens with one attached hydrogen (secondary N) is 1. The second-order valence-corrected chi connectivity index (χ2v) is 8.12. The van der Waals surface area contributed by atoms with Gasteiger partial charge in [-0.1, -0.05) is 89.4 Å². The molecule has 0 fully saturated rings. The molecule has 0 aliphatic rings. The third-order valence-corrected chi connectivity index (χ3v) is 5.40. The summed E-state index contributed by atoms with van der Waals surface area (Å²) in [6.07, 6.45) is 8.79. The number of carbonyl (C=O) groups is 1. The van der Waals surface area contributed by atoms with Crippen LogP contribution in [-0.2, 0) is 13.1 Å². The second-order valence-electron chi connectivity index (χ2n) is 8.12. The fourth-order valence-electron chi connectivity index (χ4n) is 3.41. The molecule has 0 atom stereocenters. The van der Waals surface area contributed by atoms with Gasteiger partial charge in [-0.05, 0) is 62.7 Å². The van der Waals surface area contributed by atoms with E-state index in [-0.39, 0.29) is 0 Å². The zero-order valence-corrected chi connectivity index (χ0v) is 24.0. The highest BCUT2D eigenvalue weighted by molar-refractivity contribution is 5.78. The zero-order chi connectivity index (χ0) is 28.2. The molecule has 0 saturated carbocycles. The summed E-state index contributed by atoms with van der Waals surface area (Å²) in [5, 5.41) is 2.84. The van der Waals surface area contributed by atoms with Crippen molar-refractivity contribution in [3.05, 3.63) is 99.9 Å². The largest absolute Gasteiger partial charge is 0.340 e. The molecule has 0 unspecified atom stereocenters. The topological polar surface area (TPSA) is 34.0 Å². The first-order chi connectivity index (χ1) is 17.9. The minimum atomic E-state index is -0.801. The lowest BCUT2D eigenvalue weighted by Crippen LogP contribution is -2.05. The van der Waals surface area contributed by atoms with Crippen molar-refractivity contribution in [1.82, 2.24) is 9.88 Å². The van der Waals surface area contributed by atoms with Gasteiger partial charge in [0.25, 0.3) is 0 Å². The molecule has 0 aliphatic carbocycles. The van der Waals surface area contributed by atoms with Crippen molar-refractivity contribution in [3.63, 3.8) is 0 Å². The highest BCUT2D eigenvalue weighted by atomic mass is 19.2. The van der Waals surface area contributed by atoms with Crippen LogP contribution in [-0.4, -0.2) is 17.9 Å². The van der Waals surface area contributed by atoms with Gasteiger partial charge in [0, 0.05) is 30.0 Å². The van der Waals surface area contributed by atoms with Gasteiger partial charge in [0.05, 0.1) is 0 Å². The fraction of sp³-hybridized carbons (Fsp3) is 0.406. The summed E-state index contributed by atoms with van der Waals surface area (Å²) in [5.41, 5.74) is 6.18. The van der Waals surface area contributed by atoms with Gasteiger partial charge in [-0.3, -0.25) is 4.79 Å². The van der Waals surface area contributed by atoms with E-state index < -0.39 is 11.6 Å². The molecule has 0 amide bonds. The van der Waals surface area contributed by atoms with Crippen LogP contribution in [0.5, 0.6) is 0 Å². The number of aldehydes is 1. The van der Waals surface area contributed by atoms with Gasteiger partial charge in [0.2, 0.25) is 0 Å². The Kier molecular flexibility index (Phi) is 18.4. The Labute approximate surface area is 223 Å². The van der Waals surface area contributed by atoms with E-state index in [4.69, 9.17) is 0 Å². The number of nitrogens with zero attached hydrogens (tertiary/aromatic N) is 1. The van der Waals surface area contributed by atoms with Crippen molar-refractivity contribution in [2.75, 3.05) is 7.05 Å². The van der Waals surface area contributed by atoms with Gasteiger partial charge >= 0.3 is 0 Å². The summed E-state index contributed by atoms with van der Waals surface area (Å²) in [6.45, 7) is 15.7. The minimum Gasteiger partial charge on any atom is -0.340 e. The number of aromatic nitrogens is 1. The van der Waals surface area contributed by atoms with Crippen LogP contribution in [0, 0.1) is 25.5 Å². The highest BCUT2D eigenvalue weighted by Crippen LogP contribution is 2.18. The molecule has 1 N–H and O–H groups in total. The molecule has 0 aliphatic heterocycles. The molecule has 2 aromatic carbocycles. The molecule has 0 bridgehead atoms.